The summed E-state index contributed by atoms with van der Waals surface area (Å²) in [5.41, 5.74) is 11.0. The second-order valence-electron chi connectivity index (χ2n) is 5.50. The number of rotatable bonds is 5. The Kier molecular flexibility index (Phi) is 4.39. The summed E-state index contributed by atoms with van der Waals surface area (Å²) >= 11 is 0. The lowest BCUT2D eigenvalue weighted by atomic mass is 10.0. The quantitative estimate of drug-likeness (QED) is 0.580. The maximum atomic E-state index is 11.1. The van der Waals surface area contributed by atoms with Gasteiger partial charge < -0.3 is 9.84 Å². The van der Waals surface area contributed by atoms with Gasteiger partial charge in [0.05, 0.1) is 17.1 Å². The van der Waals surface area contributed by atoms with Gasteiger partial charge in [-0.25, -0.2) is 4.79 Å². The van der Waals surface area contributed by atoms with Crippen molar-refractivity contribution >= 4 is 23.0 Å². The van der Waals surface area contributed by atoms with E-state index < -0.39 is 12.1 Å². The molecule has 124 valence electrons. The maximum Gasteiger partial charge on any atom is 0.330 e. The van der Waals surface area contributed by atoms with E-state index in [-0.39, 0.29) is 6.61 Å². The van der Waals surface area contributed by atoms with Crippen LogP contribution in [0.1, 0.15) is 17.2 Å². The maximum absolute atomic E-state index is 11.1. The lowest BCUT2D eigenvalue weighted by Crippen LogP contribution is -2.29. The molecule has 1 unspecified atom stereocenters. The highest BCUT2D eigenvalue weighted by atomic mass is 16.5. The van der Waals surface area contributed by atoms with Crippen molar-refractivity contribution in [2.24, 2.45) is 0 Å². The number of hydrazine groups is 2. The molecule has 3 rings (SSSR count). The Morgan fingerprint density at radius 2 is 1.96 bits per heavy atom. The first-order chi connectivity index (χ1) is 11.6. The second-order valence-corrected chi connectivity index (χ2v) is 5.50. The Morgan fingerprint density at radius 1 is 1.29 bits per heavy atom. The van der Waals surface area contributed by atoms with Crippen molar-refractivity contribution in [2.45, 2.75) is 13.0 Å². The molecule has 0 fully saturated rings. The Hall–Kier alpha value is -2.99. The summed E-state index contributed by atoms with van der Waals surface area (Å²) in [5.74, 6) is -0.549. The fraction of sp³-hybridized carbons (Fsp3) is 0.167. The molecule has 1 heterocycles. The molecule has 3 N–H and O–H groups in total. The molecule has 0 radical (unpaired) electrons. The molecule has 6 heteroatoms. The van der Waals surface area contributed by atoms with Crippen molar-refractivity contribution in [3.05, 3.63) is 66.2 Å². The number of para-hydroxylation sites is 2. The van der Waals surface area contributed by atoms with Gasteiger partial charge in [-0.1, -0.05) is 24.8 Å². The molecule has 2 aromatic rings. The van der Waals surface area contributed by atoms with Crippen LogP contribution in [-0.2, 0) is 9.53 Å². The lowest BCUT2D eigenvalue weighted by molar-refractivity contribution is -0.140. The summed E-state index contributed by atoms with van der Waals surface area (Å²) in [5, 5.41) is 12.0. The van der Waals surface area contributed by atoms with Crippen molar-refractivity contribution in [2.75, 3.05) is 22.6 Å². The molecule has 0 amide bonds. The number of carbonyl (C=O) groups excluding carboxylic acids is 1. The SMILES string of the molecule is C=CC(=O)OCC(O)c1ccc(N2Nc3ccccc3N2)cc1C. The van der Waals surface area contributed by atoms with Crippen LogP contribution in [0.3, 0.4) is 0 Å². The van der Waals surface area contributed by atoms with Gasteiger partial charge in [0.15, 0.2) is 0 Å². The summed E-state index contributed by atoms with van der Waals surface area (Å²) in [4.78, 5) is 11.1. The van der Waals surface area contributed by atoms with Gasteiger partial charge in [0, 0.05) is 6.08 Å². The number of aliphatic hydroxyl groups excluding tert-OH is 1. The molecule has 6 nitrogen and oxygen atoms in total. The molecule has 0 spiro atoms. The first-order valence-corrected chi connectivity index (χ1v) is 7.59. The Balaban J connectivity index is 1.71. The van der Waals surface area contributed by atoms with Crippen molar-refractivity contribution in [1.82, 2.24) is 0 Å². The van der Waals surface area contributed by atoms with Gasteiger partial charge in [0.25, 0.3) is 0 Å². The van der Waals surface area contributed by atoms with E-state index in [9.17, 15) is 9.90 Å². The molecule has 24 heavy (non-hydrogen) atoms. The summed E-state index contributed by atoms with van der Waals surface area (Å²) in [6, 6.07) is 13.6. The predicted molar refractivity (Wildman–Crippen MR) is 93.5 cm³/mol. The monoisotopic (exact) mass is 325 g/mol. The standard InChI is InChI=1S/C18H19N3O3/c1-3-18(23)24-11-17(22)14-9-8-13(10-12(14)2)21-19-15-6-4-5-7-16(15)20-21/h3-10,17,19-20,22H,1,11H2,2H3. The first-order valence-electron chi connectivity index (χ1n) is 7.59. The number of anilines is 3. The number of hydrogen-bond donors (Lipinski definition) is 3. The minimum Gasteiger partial charge on any atom is -0.459 e. The van der Waals surface area contributed by atoms with Gasteiger partial charge in [-0.05, 0) is 42.3 Å². The van der Waals surface area contributed by atoms with E-state index in [1.54, 1.807) is 0 Å². The van der Waals surface area contributed by atoms with E-state index in [0.29, 0.717) is 5.56 Å². The number of nitrogens with zero attached hydrogens (tertiary/aromatic N) is 1. The van der Waals surface area contributed by atoms with Gasteiger partial charge in [0.2, 0.25) is 0 Å². The first kappa shape index (κ1) is 15.9. The van der Waals surface area contributed by atoms with Crippen molar-refractivity contribution < 1.29 is 14.6 Å². The smallest absolute Gasteiger partial charge is 0.330 e. The van der Waals surface area contributed by atoms with Crippen LogP contribution in [0.25, 0.3) is 0 Å². The molecule has 0 aromatic heterocycles. The van der Waals surface area contributed by atoms with E-state index in [1.165, 1.54) is 0 Å². The summed E-state index contributed by atoms with van der Waals surface area (Å²) in [6.07, 6.45) is 0.199. The average molecular weight is 325 g/mol. The van der Waals surface area contributed by atoms with E-state index in [4.69, 9.17) is 4.74 Å². The third-order valence-electron chi connectivity index (χ3n) is 3.81. The summed E-state index contributed by atoms with van der Waals surface area (Å²) in [7, 11) is 0. The topological polar surface area (TPSA) is 73.8 Å². The van der Waals surface area contributed by atoms with Crippen LogP contribution in [-0.4, -0.2) is 17.7 Å². The molecule has 2 aromatic carbocycles. The van der Waals surface area contributed by atoms with E-state index in [1.807, 2.05) is 54.5 Å². The van der Waals surface area contributed by atoms with Crippen molar-refractivity contribution in [3.63, 3.8) is 0 Å². The number of benzene rings is 2. The zero-order chi connectivity index (χ0) is 17.1. The third-order valence-corrected chi connectivity index (χ3v) is 3.81. The minimum atomic E-state index is -0.875. The van der Waals surface area contributed by atoms with Gasteiger partial charge in [-0.3, -0.25) is 10.9 Å². The van der Waals surface area contributed by atoms with E-state index in [2.05, 4.69) is 17.4 Å². The Bertz CT molecular complexity index is 751. The fourth-order valence-corrected chi connectivity index (χ4v) is 2.56. The normalized spacial score (nSPS) is 13.5. The number of ether oxygens (including phenoxy) is 1. The Labute approximate surface area is 140 Å². The number of nitrogens with one attached hydrogen (secondary N) is 2. The third kappa shape index (κ3) is 3.18. The molecular formula is C18H19N3O3. The van der Waals surface area contributed by atoms with E-state index >= 15 is 0 Å². The number of fused-ring (bicyclic) bond motifs is 1. The fourth-order valence-electron chi connectivity index (χ4n) is 2.56. The number of carbonyl (C=O) groups is 1. The number of aliphatic hydroxyl groups is 1. The molecule has 0 saturated carbocycles. The largest absolute Gasteiger partial charge is 0.459 e. The van der Waals surface area contributed by atoms with Crippen LogP contribution in [0.5, 0.6) is 0 Å². The highest BCUT2D eigenvalue weighted by Gasteiger charge is 2.19. The number of esters is 1. The van der Waals surface area contributed by atoms with Gasteiger partial charge in [-0.2, -0.15) is 5.12 Å². The highest BCUT2D eigenvalue weighted by Crippen LogP contribution is 2.32. The molecule has 1 aliphatic heterocycles. The zero-order valence-corrected chi connectivity index (χ0v) is 13.3. The molecular weight excluding hydrogens is 306 g/mol. The van der Waals surface area contributed by atoms with Crippen molar-refractivity contribution in [3.8, 4) is 0 Å². The predicted octanol–water partition coefficient (Wildman–Crippen LogP) is 2.93. The second kappa shape index (κ2) is 6.64. The average Bonchev–Trinajstić information content (AvgIpc) is 3.03. The lowest BCUT2D eigenvalue weighted by Gasteiger charge is -2.21. The molecule has 0 saturated heterocycles. The highest BCUT2D eigenvalue weighted by molar-refractivity contribution is 5.81. The molecule has 0 bridgehead atoms. The van der Waals surface area contributed by atoms with Crippen LogP contribution in [0.4, 0.5) is 17.1 Å². The number of aryl methyl sites for hydroxylation is 1. The van der Waals surface area contributed by atoms with Crippen LogP contribution in [0.15, 0.2) is 55.1 Å². The molecule has 1 atom stereocenters. The van der Waals surface area contributed by atoms with Crippen LogP contribution in [0.2, 0.25) is 0 Å². The van der Waals surface area contributed by atoms with Gasteiger partial charge in [-0.15, -0.1) is 0 Å². The molecule has 1 aliphatic rings. The van der Waals surface area contributed by atoms with Crippen LogP contribution >= 0.6 is 0 Å². The molecule has 0 aliphatic carbocycles. The van der Waals surface area contributed by atoms with Crippen LogP contribution in [0, 0.1) is 6.92 Å². The van der Waals surface area contributed by atoms with Crippen LogP contribution < -0.4 is 16.0 Å². The van der Waals surface area contributed by atoms with Gasteiger partial charge in [0.1, 0.15) is 12.7 Å². The van der Waals surface area contributed by atoms with E-state index in [0.717, 1.165) is 28.7 Å². The zero-order valence-electron chi connectivity index (χ0n) is 13.3. The Morgan fingerprint density at radius 3 is 2.54 bits per heavy atom. The summed E-state index contributed by atoms with van der Waals surface area (Å²) < 4.78 is 4.89. The van der Waals surface area contributed by atoms with Crippen molar-refractivity contribution in [1.29, 1.82) is 0 Å². The summed E-state index contributed by atoms with van der Waals surface area (Å²) in [6.45, 7) is 5.13. The van der Waals surface area contributed by atoms with Gasteiger partial charge >= 0.3 is 5.97 Å². The number of hydrogen-bond acceptors (Lipinski definition) is 6. The minimum absolute atomic E-state index is 0.101.